The Morgan fingerprint density at radius 3 is 2.91 bits per heavy atom. The van der Waals surface area contributed by atoms with Crippen molar-refractivity contribution in [2.24, 2.45) is 0 Å². The first-order valence-corrected chi connectivity index (χ1v) is 12.0. The van der Waals surface area contributed by atoms with Gasteiger partial charge in [-0.25, -0.2) is 9.67 Å². The number of ether oxygens (including phenoxy) is 2. The number of halogens is 1. The summed E-state index contributed by atoms with van der Waals surface area (Å²) in [4.78, 5) is 4.89. The number of thioether (sulfide) groups is 1. The topological polar surface area (TPSA) is 152 Å². The molecular weight excluding hydrogens is 520 g/mol. The quantitative estimate of drug-likeness (QED) is 0.424. The molecule has 1 aromatic carbocycles. The number of benzene rings is 1. The number of rotatable bonds is 6. The zero-order valence-electron chi connectivity index (χ0n) is 16.7. The van der Waals surface area contributed by atoms with Crippen molar-refractivity contribution in [3.05, 3.63) is 39.8 Å². The highest BCUT2D eigenvalue weighted by Crippen LogP contribution is 2.41. The van der Waals surface area contributed by atoms with Gasteiger partial charge in [0.2, 0.25) is 0 Å². The second kappa shape index (κ2) is 9.84. The standard InChI is InChI=1S/C19H19BrN6O4S2/c1-29-17-15(26-6-11(24-25-26)12-8-31-19(22)23-12)16(28)13(7-27)30-18(17)32-14-4-10(20)3-2-9(14)5-21/h2-4,6,8,13,15-18,27-28H,7H2,1H3,(H2,22,23). The van der Waals surface area contributed by atoms with E-state index in [1.54, 1.807) is 23.7 Å². The molecule has 13 heteroatoms. The van der Waals surface area contributed by atoms with Gasteiger partial charge in [0, 0.05) is 21.9 Å². The number of methoxy groups -OCH3 is 1. The average Bonchev–Trinajstić information content (AvgIpc) is 3.43. The molecule has 32 heavy (non-hydrogen) atoms. The van der Waals surface area contributed by atoms with Crippen LogP contribution in [0.25, 0.3) is 11.4 Å². The van der Waals surface area contributed by atoms with E-state index < -0.39 is 36.4 Å². The van der Waals surface area contributed by atoms with Gasteiger partial charge in [-0.3, -0.25) is 0 Å². The first kappa shape index (κ1) is 23.1. The Balaban J connectivity index is 1.68. The smallest absolute Gasteiger partial charge is 0.180 e. The molecule has 0 aliphatic carbocycles. The Labute approximate surface area is 200 Å². The summed E-state index contributed by atoms with van der Waals surface area (Å²) < 4.78 is 14.0. The van der Waals surface area contributed by atoms with Crippen LogP contribution < -0.4 is 5.73 Å². The first-order chi connectivity index (χ1) is 15.4. The van der Waals surface area contributed by atoms with E-state index in [1.807, 2.05) is 6.07 Å². The van der Waals surface area contributed by atoms with Crippen LogP contribution in [0.4, 0.5) is 5.13 Å². The van der Waals surface area contributed by atoms with Gasteiger partial charge in [0.15, 0.2) is 5.13 Å². The van der Waals surface area contributed by atoms with Crippen LogP contribution >= 0.6 is 39.0 Å². The summed E-state index contributed by atoms with van der Waals surface area (Å²) in [5, 5.41) is 40.8. The van der Waals surface area contributed by atoms with Gasteiger partial charge in [-0.1, -0.05) is 32.9 Å². The third kappa shape index (κ3) is 4.53. The fourth-order valence-corrected chi connectivity index (χ4v) is 5.83. The molecule has 5 unspecified atom stereocenters. The Morgan fingerprint density at radius 2 is 2.25 bits per heavy atom. The van der Waals surface area contributed by atoms with Crippen LogP contribution in [0.3, 0.4) is 0 Å². The molecule has 0 radical (unpaired) electrons. The highest BCUT2D eigenvalue weighted by atomic mass is 79.9. The summed E-state index contributed by atoms with van der Waals surface area (Å²) in [5.74, 6) is 0. The third-order valence-corrected chi connectivity index (χ3v) is 7.37. The maximum absolute atomic E-state index is 10.9. The van der Waals surface area contributed by atoms with Gasteiger partial charge in [-0.05, 0) is 18.2 Å². The number of nitriles is 1. The molecule has 0 amide bonds. The van der Waals surface area contributed by atoms with Crippen LogP contribution in [-0.4, -0.2) is 67.7 Å². The van der Waals surface area contributed by atoms with E-state index in [2.05, 4.69) is 37.3 Å². The van der Waals surface area contributed by atoms with Gasteiger partial charge in [0.25, 0.3) is 0 Å². The summed E-state index contributed by atoms with van der Waals surface area (Å²) in [6.45, 7) is -0.404. The van der Waals surface area contributed by atoms with E-state index in [1.165, 1.54) is 34.9 Å². The zero-order valence-corrected chi connectivity index (χ0v) is 19.9. The Morgan fingerprint density at radius 1 is 1.44 bits per heavy atom. The fraction of sp³-hybridized carbons (Fsp3) is 0.368. The lowest BCUT2D eigenvalue weighted by atomic mass is 9.97. The van der Waals surface area contributed by atoms with Crippen molar-refractivity contribution >= 4 is 44.2 Å². The minimum Gasteiger partial charge on any atom is -0.394 e. The van der Waals surface area contributed by atoms with E-state index in [0.717, 1.165) is 4.47 Å². The molecule has 3 aromatic rings. The maximum atomic E-state index is 10.9. The molecule has 0 spiro atoms. The Hall–Kier alpha value is -2.05. The second-order valence-corrected chi connectivity index (χ2v) is 9.88. The number of aromatic nitrogens is 4. The first-order valence-electron chi connectivity index (χ1n) is 9.41. The molecule has 168 valence electrons. The summed E-state index contributed by atoms with van der Waals surface area (Å²) >= 11 is 5.99. The van der Waals surface area contributed by atoms with E-state index in [-0.39, 0.29) is 0 Å². The highest BCUT2D eigenvalue weighted by Gasteiger charge is 2.47. The van der Waals surface area contributed by atoms with Crippen LogP contribution in [-0.2, 0) is 9.47 Å². The fourth-order valence-electron chi connectivity index (χ4n) is 3.47. The molecule has 1 fully saturated rings. The maximum Gasteiger partial charge on any atom is 0.180 e. The number of hydrogen-bond acceptors (Lipinski definition) is 11. The van der Waals surface area contributed by atoms with Gasteiger partial charge >= 0.3 is 0 Å². The molecule has 1 aliphatic rings. The van der Waals surface area contributed by atoms with Crippen molar-refractivity contribution in [2.75, 3.05) is 19.5 Å². The van der Waals surface area contributed by atoms with Gasteiger partial charge < -0.3 is 25.4 Å². The molecule has 0 saturated carbocycles. The minimum absolute atomic E-state index is 0.404. The molecule has 4 N–H and O–H groups in total. The summed E-state index contributed by atoms with van der Waals surface area (Å²) in [7, 11) is 1.51. The van der Waals surface area contributed by atoms with E-state index in [4.69, 9.17) is 15.2 Å². The molecule has 3 heterocycles. The van der Waals surface area contributed by atoms with E-state index in [9.17, 15) is 15.5 Å². The van der Waals surface area contributed by atoms with Crippen molar-refractivity contribution in [1.82, 2.24) is 20.0 Å². The SMILES string of the molecule is COC1C(Sc2cc(Br)ccc2C#N)OC(CO)C(O)C1n1cc(-c2csc(N)n2)nn1. The predicted octanol–water partition coefficient (Wildman–Crippen LogP) is 2.04. The second-order valence-electron chi connectivity index (χ2n) is 6.93. The van der Waals surface area contributed by atoms with Crippen molar-refractivity contribution < 1.29 is 19.7 Å². The summed E-state index contributed by atoms with van der Waals surface area (Å²) in [6, 6.07) is 6.75. The molecule has 4 rings (SSSR count). The van der Waals surface area contributed by atoms with Crippen molar-refractivity contribution in [3.8, 4) is 17.5 Å². The number of aliphatic hydroxyl groups excluding tert-OH is 2. The normalized spacial score (nSPS) is 25.5. The molecular formula is C19H19BrN6O4S2. The van der Waals surface area contributed by atoms with E-state index >= 15 is 0 Å². The summed E-state index contributed by atoms with van der Waals surface area (Å²) in [6.07, 6.45) is -1.02. The number of nitrogen functional groups attached to an aromatic ring is 1. The van der Waals surface area contributed by atoms with Gasteiger partial charge in [-0.15, -0.1) is 16.4 Å². The lowest BCUT2D eigenvalue weighted by Crippen LogP contribution is -2.55. The molecule has 5 atom stereocenters. The van der Waals surface area contributed by atoms with Crippen LogP contribution in [0.5, 0.6) is 0 Å². The lowest BCUT2D eigenvalue weighted by Gasteiger charge is -2.43. The number of anilines is 1. The van der Waals surface area contributed by atoms with Crippen molar-refractivity contribution in [1.29, 1.82) is 5.26 Å². The van der Waals surface area contributed by atoms with Gasteiger partial charge in [0.1, 0.15) is 47.2 Å². The monoisotopic (exact) mass is 538 g/mol. The third-order valence-electron chi connectivity index (χ3n) is 5.00. The van der Waals surface area contributed by atoms with Gasteiger partial charge in [-0.2, -0.15) is 5.26 Å². The van der Waals surface area contributed by atoms with Crippen LogP contribution in [0, 0.1) is 11.3 Å². The highest BCUT2D eigenvalue weighted by molar-refractivity contribution is 9.10. The van der Waals surface area contributed by atoms with Crippen LogP contribution in [0.2, 0.25) is 0 Å². The number of thiazole rings is 1. The van der Waals surface area contributed by atoms with Crippen LogP contribution in [0.1, 0.15) is 11.6 Å². The van der Waals surface area contributed by atoms with Gasteiger partial charge in [0.05, 0.1) is 18.4 Å². The number of aliphatic hydroxyl groups is 2. The number of hydrogen-bond donors (Lipinski definition) is 3. The predicted molar refractivity (Wildman–Crippen MR) is 122 cm³/mol. The average molecular weight is 539 g/mol. The number of nitrogens with zero attached hydrogens (tertiary/aromatic N) is 5. The molecule has 10 nitrogen and oxygen atoms in total. The molecule has 1 aliphatic heterocycles. The molecule has 2 aromatic heterocycles. The lowest BCUT2D eigenvalue weighted by molar-refractivity contribution is -0.186. The molecule has 1 saturated heterocycles. The minimum atomic E-state index is -1.12. The van der Waals surface area contributed by atoms with Crippen molar-refractivity contribution in [2.45, 2.75) is 34.7 Å². The largest absolute Gasteiger partial charge is 0.394 e. The Bertz CT molecular complexity index is 1140. The zero-order chi connectivity index (χ0) is 22.8. The Kier molecular flexibility index (Phi) is 7.11. The summed E-state index contributed by atoms with van der Waals surface area (Å²) in [5.41, 5.74) is 6.62. The number of nitrogens with two attached hydrogens (primary N) is 1. The molecule has 0 bridgehead atoms. The van der Waals surface area contributed by atoms with E-state index in [0.29, 0.717) is 27.0 Å². The van der Waals surface area contributed by atoms with Crippen LogP contribution in [0.15, 0.2) is 39.1 Å². The van der Waals surface area contributed by atoms with Crippen molar-refractivity contribution in [3.63, 3.8) is 0 Å².